The Morgan fingerprint density at radius 3 is 2.24 bits per heavy atom. The largest absolute Gasteiger partial charge is 0.508 e. The Kier molecular flexibility index (Phi) is 10.00. The molecule has 0 N–H and O–H groups in total. The summed E-state index contributed by atoms with van der Waals surface area (Å²) in [6.07, 6.45) is 5.50. The molecule has 0 bridgehead atoms. The molecule has 0 saturated heterocycles. The lowest BCUT2D eigenvalue weighted by Crippen LogP contribution is -2.08. The van der Waals surface area contributed by atoms with E-state index < -0.39 is 6.16 Å². The van der Waals surface area contributed by atoms with E-state index in [0.717, 1.165) is 19.3 Å². The predicted molar refractivity (Wildman–Crippen MR) is 62.6 cm³/mol. The number of unbranched alkanes of at least 4 members (excludes halogenated alkanes) is 2. The van der Waals surface area contributed by atoms with Crippen molar-refractivity contribution in [1.29, 1.82) is 0 Å². The first kappa shape index (κ1) is 15.5. The summed E-state index contributed by atoms with van der Waals surface area (Å²) in [6, 6.07) is 0. The van der Waals surface area contributed by atoms with Crippen molar-refractivity contribution >= 4 is 12.1 Å². The van der Waals surface area contributed by atoms with Crippen molar-refractivity contribution in [2.75, 3.05) is 19.8 Å². The normalized spacial score (nSPS) is 10.2. The molecule has 17 heavy (non-hydrogen) atoms. The van der Waals surface area contributed by atoms with Crippen LogP contribution in [0, 0.1) is 0 Å². The molecule has 0 atom stereocenters. The summed E-state index contributed by atoms with van der Waals surface area (Å²) >= 11 is 0. The van der Waals surface area contributed by atoms with Crippen LogP contribution in [-0.4, -0.2) is 31.9 Å². The van der Waals surface area contributed by atoms with Crippen LogP contribution in [0.25, 0.3) is 0 Å². The summed E-state index contributed by atoms with van der Waals surface area (Å²) in [4.78, 5) is 21.4. The first-order valence-electron chi connectivity index (χ1n) is 5.74. The highest BCUT2D eigenvalue weighted by Crippen LogP contribution is 1.95. The Hall–Kier alpha value is -1.52. The highest BCUT2D eigenvalue weighted by atomic mass is 16.7. The molecule has 0 rings (SSSR count). The van der Waals surface area contributed by atoms with Crippen LogP contribution >= 0.6 is 0 Å². The second-order valence-electron chi connectivity index (χ2n) is 3.39. The maximum absolute atomic E-state index is 11.0. The molecule has 5 heteroatoms. The molecular formula is C12H20O5. The molecule has 0 unspecified atom stereocenters. The summed E-state index contributed by atoms with van der Waals surface area (Å²) in [5.41, 5.74) is 0. The van der Waals surface area contributed by atoms with Gasteiger partial charge in [-0.3, -0.25) is 4.79 Å². The Labute approximate surface area is 102 Å². The van der Waals surface area contributed by atoms with Crippen LogP contribution < -0.4 is 0 Å². The molecule has 0 aliphatic rings. The second-order valence-corrected chi connectivity index (χ2v) is 3.39. The van der Waals surface area contributed by atoms with Crippen molar-refractivity contribution in [2.24, 2.45) is 0 Å². The lowest BCUT2D eigenvalue weighted by atomic mass is 10.3. The SMILES string of the molecule is CCCCCOC(=O)OCC=CCOC(C)=O. The average molecular weight is 244 g/mol. The molecule has 0 aromatic carbocycles. The Bertz CT molecular complexity index is 247. The zero-order chi connectivity index (χ0) is 12.9. The number of carbonyl (C=O) groups is 2. The van der Waals surface area contributed by atoms with Gasteiger partial charge in [0.05, 0.1) is 6.61 Å². The highest BCUT2D eigenvalue weighted by molar-refractivity contribution is 5.66. The topological polar surface area (TPSA) is 61.8 Å². The average Bonchev–Trinajstić information content (AvgIpc) is 2.29. The van der Waals surface area contributed by atoms with Crippen molar-refractivity contribution < 1.29 is 23.8 Å². The molecule has 0 spiro atoms. The van der Waals surface area contributed by atoms with Crippen LogP contribution in [0.1, 0.15) is 33.1 Å². The lowest BCUT2D eigenvalue weighted by Gasteiger charge is -2.03. The van der Waals surface area contributed by atoms with Gasteiger partial charge in [0.1, 0.15) is 13.2 Å². The third-order valence-corrected chi connectivity index (χ3v) is 1.81. The predicted octanol–water partition coefficient (Wildman–Crippen LogP) is 2.45. The van der Waals surface area contributed by atoms with Crippen molar-refractivity contribution in [3.05, 3.63) is 12.2 Å². The lowest BCUT2D eigenvalue weighted by molar-refractivity contribution is -0.139. The van der Waals surface area contributed by atoms with Crippen LogP contribution in [-0.2, 0) is 19.0 Å². The summed E-state index contributed by atoms with van der Waals surface area (Å²) in [5, 5.41) is 0. The second kappa shape index (κ2) is 11.0. The minimum atomic E-state index is -0.668. The van der Waals surface area contributed by atoms with Gasteiger partial charge >= 0.3 is 12.1 Å². The highest BCUT2D eigenvalue weighted by Gasteiger charge is 2.00. The van der Waals surface area contributed by atoms with E-state index in [2.05, 4.69) is 11.7 Å². The first-order valence-corrected chi connectivity index (χ1v) is 5.74. The van der Waals surface area contributed by atoms with E-state index in [0.29, 0.717) is 6.61 Å². The van der Waals surface area contributed by atoms with Gasteiger partial charge in [-0.25, -0.2) is 4.79 Å². The van der Waals surface area contributed by atoms with E-state index in [9.17, 15) is 9.59 Å². The molecule has 0 saturated carbocycles. The summed E-state index contributed by atoms with van der Waals surface area (Å²) < 4.78 is 14.2. The smallest absolute Gasteiger partial charge is 0.462 e. The summed E-state index contributed by atoms with van der Waals surface area (Å²) in [7, 11) is 0. The van der Waals surface area contributed by atoms with Gasteiger partial charge in [-0.15, -0.1) is 0 Å². The zero-order valence-corrected chi connectivity index (χ0v) is 10.4. The monoisotopic (exact) mass is 244 g/mol. The van der Waals surface area contributed by atoms with Crippen LogP contribution in [0.4, 0.5) is 4.79 Å². The first-order chi connectivity index (χ1) is 8.16. The number of rotatable bonds is 8. The Morgan fingerprint density at radius 1 is 1.00 bits per heavy atom. The zero-order valence-electron chi connectivity index (χ0n) is 10.4. The number of hydrogen-bond donors (Lipinski definition) is 0. The van der Waals surface area contributed by atoms with E-state index >= 15 is 0 Å². The molecule has 0 aliphatic carbocycles. The van der Waals surface area contributed by atoms with E-state index in [4.69, 9.17) is 9.47 Å². The Balaban J connectivity index is 3.35. The maximum Gasteiger partial charge on any atom is 0.508 e. The van der Waals surface area contributed by atoms with Crippen molar-refractivity contribution in [1.82, 2.24) is 0 Å². The van der Waals surface area contributed by atoms with Gasteiger partial charge in [0.15, 0.2) is 0 Å². The molecule has 98 valence electrons. The van der Waals surface area contributed by atoms with Gasteiger partial charge in [-0.2, -0.15) is 0 Å². The van der Waals surface area contributed by atoms with Gasteiger partial charge in [0, 0.05) is 6.92 Å². The number of esters is 1. The summed E-state index contributed by atoms with van der Waals surface area (Å²) in [6.45, 7) is 4.10. The van der Waals surface area contributed by atoms with E-state index in [-0.39, 0.29) is 19.2 Å². The molecule has 0 aromatic rings. The quantitative estimate of drug-likeness (QED) is 0.373. The van der Waals surface area contributed by atoms with Crippen LogP contribution in [0.5, 0.6) is 0 Å². The molecule has 5 nitrogen and oxygen atoms in total. The number of carbonyl (C=O) groups excluding carboxylic acids is 2. The molecule has 0 amide bonds. The summed E-state index contributed by atoms with van der Waals surface area (Å²) in [5.74, 6) is -0.342. The van der Waals surface area contributed by atoms with Crippen LogP contribution in [0.2, 0.25) is 0 Å². The number of ether oxygens (including phenoxy) is 3. The fourth-order valence-electron chi connectivity index (χ4n) is 0.967. The minimum Gasteiger partial charge on any atom is -0.462 e. The van der Waals surface area contributed by atoms with Gasteiger partial charge in [-0.05, 0) is 18.6 Å². The molecular weight excluding hydrogens is 224 g/mol. The minimum absolute atomic E-state index is 0.119. The molecule has 0 aromatic heterocycles. The van der Waals surface area contributed by atoms with Gasteiger partial charge in [0.25, 0.3) is 0 Å². The molecule has 0 fully saturated rings. The van der Waals surface area contributed by atoms with E-state index in [1.807, 2.05) is 0 Å². The molecule has 0 heterocycles. The van der Waals surface area contributed by atoms with E-state index in [1.165, 1.54) is 6.92 Å². The van der Waals surface area contributed by atoms with Gasteiger partial charge in [-0.1, -0.05) is 19.8 Å². The molecule has 0 aliphatic heterocycles. The van der Waals surface area contributed by atoms with Crippen molar-refractivity contribution in [3.8, 4) is 0 Å². The van der Waals surface area contributed by atoms with Crippen LogP contribution in [0.15, 0.2) is 12.2 Å². The van der Waals surface area contributed by atoms with Crippen molar-refractivity contribution in [2.45, 2.75) is 33.1 Å². The number of hydrogen-bond acceptors (Lipinski definition) is 5. The molecule has 0 radical (unpaired) electrons. The fraction of sp³-hybridized carbons (Fsp3) is 0.667. The fourth-order valence-corrected chi connectivity index (χ4v) is 0.967. The maximum atomic E-state index is 11.0. The van der Waals surface area contributed by atoms with Gasteiger partial charge < -0.3 is 14.2 Å². The van der Waals surface area contributed by atoms with Gasteiger partial charge in [0.2, 0.25) is 0 Å². The third kappa shape index (κ3) is 12.4. The van der Waals surface area contributed by atoms with Crippen LogP contribution in [0.3, 0.4) is 0 Å². The van der Waals surface area contributed by atoms with Crippen molar-refractivity contribution in [3.63, 3.8) is 0 Å². The Morgan fingerprint density at radius 2 is 1.65 bits per heavy atom. The standard InChI is InChI=1S/C12H20O5/c1-3-4-5-9-16-12(14)17-10-7-6-8-15-11(2)13/h6-7H,3-5,8-10H2,1-2H3. The van der Waals surface area contributed by atoms with E-state index in [1.54, 1.807) is 12.2 Å². The third-order valence-electron chi connectivity index (χ3n) is 1.81.